The topological polar surface area (TPSA) is 73.0 Å². The Bertz CT molecular complexity index is 1050. The third-order valence-corrected chi connectivity index (χ3v) is 7.23. The number of sulfonamides is 1. The van der Waals surface area contributed by atoms with Crippen LogP contribution in [0, 0.1) is 6.92 Å². The summed E-state index contributed by atoms with van der Waals surface area (Å²) in [5, 5.41) is 4.11. The normalized spacial score (nSPS) is 16.5. The predicted molar refractivity (Wildman–Crippen MR) is 107 cm³/mol. The largest absolute Gasteiger partial charge is 0.325 e. The molecule has 1 aliphatic heterocycles. The Labute approximate surface area is 165 Å². The van der Waals surface area contributed by atoms with Gasteiger partial charge in [-0.1, -0.05) is 30.3 Å². The molecule has 0 bridgehead atoms. The fourth-order valence-corrected chi connectivity index (χ4v) is 5.27. The van der Waals surface area contributed by atoms with Gasteiger partial charge in [0.05, 0.1) is 6.20 Å². The summed E-state index contributed by atoms with van der Waals surface area (Å²) < 4.78 is 31.3. The summed E-state index contributed by atoms with van der Waals surface area (Å²) in [4.78, 5) is 4.88. The molecule has 0 radical (unpaired) electrons. The molecule has 0 saturated carbocycles. The zero-order valence-electron chi connectivity index (χ0n) is 16.2. The summed E-state index contributed by atoms with van der Waals surface area (Å²) in [6.45, 7) is 5.64. The van der Waals surface area contributed by atoms with Crippen molar-refractivity contribution >= 4 is 10.0 Å². The summed E-state index contributed by atoms with van der Waals surface area (Å²) in [6, 6.07) is 10.4. The van der Waals surface area contributed by atoms with Crippen molar-refractivity contribution in [3.63, 3.8) is 0 Å². The lowest BCUT2D eigenvalue weighted by atomic mass is 10.1. The molecule has 28 heavy (non-hydrogen) atoms. The average molecular weight is 400 g/mol. The molecule has 4 rings (SSSR count). The summed E-state index contributed by atoms with van der Waals surface area (Å²) >= 11 is 0. The van der Waals surface area contributed by atoms with Crippen molar-refractivity contribution in [3.05, 3.63) is 54.6 Å². The van der Waals surface area contributed by atoms with Gasteiger partial charge in [-0.2, -0.15) is 9.40 Å². The van der Waals surface area contributed by atoms with E-state index >= 15 is 0 Å². The van der Waals surface area contributed by atoms with E-state index in [1.807, 2.05) is 31.3 Å². The Balaban J connectivity index is 1.53. The molecule has 7 nitrogen and oxygen atoms in total. The van der Waals surface area contributed by atoms with Crippen LogP contribution < -0.4 is 0 Å². The second kappa shape index (κ2) is 7.52. The number of imidazole rings is 1. The Morgan fingerprint density at radius 1 is 1.11 bits per heavy atom. The van der Waals surface area contributed by atoms with Gasteiger partial charge in [0.25, 0.3) is 0 Å². The van der Waals surface area contributed by atoms with Crippen LogP contribution in [0.1, 0.15) is 31.5 Å². The number of hydrogen-bond acceptors (Lipinski definition) is 4. The number of benzene rings is 1. The van der Waals surface area contributed by atoms with Crippen molar-refractivity contribution in [1.29, 1.82) is 0 Å². The van der Waals surface area contributed by atoms with Crippen LogP contribution in [0.5, 0.6) is 0 Å². The monoisotopic (exact) mass is 399 g/mol. The quantitative estimate of drug-likeness (QED) is 0.661. The van der Waals surface area contributed by atoms with E-state index in [1.54, 1.807) is 15.2 Å². The molecule has 3 heterocycles. The molecule has 0 atom stereocenters. The molecule has 1 fully saturated rings. The van der Waals surface area contributed by atoms with Crippen LogP contribution in [0.4, 0.5) is 0 Å². The summed E-state index contributed by atoms with van der Waals surface area (Å²) in [5.74, 6) is 0.948. The molecule has 3 aromatic rings. The average Bonchev–Trinajstić information content (AvgIpc) is 3.36. The maximum absolute atomic E-state index is 12.9. The van der Waals surface area contributed by atoms with Crippen LogP contribution in [-0.2, 0) is 16.6 Å². The smallest absolute Gasteiger partial charge is 0.246 e. The Kier molecular flexibility index (Phi) is 5.07. The minimum Gasteiger partial charge on any atom is -0.325 e. The number of nitrogens with zero attached hydrogens (tertiary/aromatic N) is 5. The van der Waals surface area contributed by atoms with Crippen LogP contribution in [0.25, 0.3) is 11.4 Å². The van der Waals surface area contributed by atoms with Gasteiger partial charge >= 0.3 is 0 Å². The van der Waals surface area contributed by atoms with Gasteiger partial charge in [0.15, 0.2) is 0 Å². The van der Waals surface area contributed by atoms with Gasteiger partial charge in [0, 0.05) is 49.3 Å². The van der Waals surface area contributed by atoms with Crippen molar-refractivity contribution in [3.8, 4) is 11.4 Å². The molecule has 1 aliphatic rings. The second-order valence-electron chi connectivity index (χ2n) is 7.13. The number of aromatic nitrogens is 4. The van der Waals surface area contributed by atoms with E-state index in [9.17, 15) is 8.42 Å². The summed E-state index contributed by atoms with van der Waals surface area (Å²) in [7, 11) is -3.49. The number of hydrogen-bond donors (Lipinski definition) is 0. The van der Waals surface area contributed by atoms with Gasteiger partial charge in [-0.3, -0.25) is 4.68 Å². The van der Waals surface area contributed by atoms with E-state index in [2.05, 4.69) is 33.7 Å². The molecule has 1 aromatic carbocycles. The highest BCUT2D eigenvalue weighted by molar-refractivity contribution is 7.89. The maximum atomic E-state index is 12.9. The molecule has 0 unspecified atom stereocenters. The lowest BCUT2D eigenvalue weighted by Crippen LogP contribution is -2.39. The van der Waals surface area contributed by atoms with E-state index in [0.29, 0.717) is 19.6 Å². The summed E-state index contributed by atoms with van der Waals surface area (Å²) in [5.41, 5.74) is 2.18. The van der Waals surface area contributed by atoms with Crippen LogP contribution >= 0.6 is 0 Å². The first-order valence-electron chi connectivity index (χ1n) is 9.62. The van der Waals surface area contributed by atoms with Crippen molar-refractivity contribution in [2.75, 3.05) is 13.1 Å². The third kappa shape index (κ3) is 3.38. The molecular formula is C20H25N5O2S. The Morgan fingerprint density at radius 3 is 2.46 bits per heavy atom. The molecule has 0 aliphatic carbocycles. The van der Waals surface area contributed by atoms with Gasteiger partial charge in [-0.05, 0) is 26.7 Å². The van der Waals surface area contributed by atoms with Gasteiger partial charge < -0.3 is 4.57 Å². The fraction of sp³-hybridized carbons (Fsp3) is 0.400. The molecular weight excluding hydrogens is 374 g/mol. The lowest BCUT2D eigenvalue weighted by molar-refractivity contribution is 0.273. The Morgan fingerprint density at radius 2 is 1.82 bits per heavy atom. The van der Waals surface area contributed by atoms with Gasteiger partial charge in [0.2, 0.25) is 10.0 Å². The van der Waals surface area contributed by atoms with Crippen LogP contribution in [0.2, 0.25) is 0 Å². The Hall–Kier alpha value is -2.45. The highest BCUT2D eigenvalue weighted by atomic mass is 32.2. The van der Waals surface area contributed by atoms with Gasteiger partial charge in [-0.15, -0.1) is 0 Å². The molecule has 8 heteroatoms. The standard InChI is InChI=1S/C20H25N5O2S/c1-3-23-15-19(14-22-23)28(26,27)24-11-9-18(10-12-24)25-16(2)13-21-20(25)17-7-5-4-6-8-17/h4-8,13-15,18H,3,9-12H2,1-2H3. The third-order valence-electron chi connectivity index (χ3n) is 5.37. The van der Waals surface area contributed by atoms with Crippen molar-refractivity contribution in [1.82, 2.24) is 23.6 Å². The SMILES string of the molecule is CCn1cc(S(=O)(=O)N2CCC(n3c(C)cnc3-c3ccccc3)CC2)cn1. The maximum Gasteiger partial charge on any atom is 0.246 e. The predicted octanol–water partition coefficient (Wildman–Crippen LogP) is 3.10. The highest BCUT2D eigenvalue weighted by Gasteiger charge is 2.32. The molecule has 0 N–H and O–H groups in total. The summed E-state index contributed by atoms with van der Waals surface area (Å²) in [6.07, 6.45) is 6.47. The molecule has 0 spiro atoms. The highest BCUT2D eigenvalue weighted by Crippen LogP contribution is 2.31. The number of rotatable bonds is 5. The van der Waals surface area contributed by atoms with Gasteiger partial charge in [-0.25, -0.2) is 13.4 Å². The molecule has 148 valence electrons. The number of piperidine rings is 1. The first kappa shape index (κ1) is 18.9. The van der Waals surface area contributed by atoms with Crippen molar-refractivity contribution in [2.24, 2.45) is 0 Å². The van der Waals surface area contributed by atoms with E-state index in [4.69, 9.17) is 0 Å². The van der Waals surface area contributed by atoms with E-state index in [1.165, 1.54) is 6.20 Å². The van der Waals surface area contributed by atoms with E-state index in [0.717, 1.165) is 29.9 Å². The second-order valence-corrected chi connectivity index (χ2v) is 9.06. The van der Waals surface area contributed by atoms with Gasteiger partial charge in [0.1, 0.15) is 10.7 Å². The van der Waals surface area contributed by atoms with Crippen LogP contribution in [-0.4, -0.2) is 45.1 Å². The van der Waals surface area contributed by atoms with Crippen LogP contribution in [0.3, 0.4) is 0 Å². The van der Waals surface area contributed by atoms with E-state index in [-0.39, 0.29) is 10.9 Å². The number of aryl methyl sites for hydroxylation is 2. The minimum atomic E-state index is -3.49. The van der Waals surface area contributed by atoms with E-state index < -0.39 is 10.0 Å². The first-order chi connectivity index (χ1) is 13.5. The molecule has 1 saturated heterocycles. The molecule has 0 amide bonds. The fourth-order valence-electron chi connectivity index (χ4n) is 3.85. The van der Waals surface area contributed by atoms with Crippen molar-refractivity contribution in [2.45, 2.75) is 44.2 Å². The first-order valence-corrected chi connectivity index (χ1v) is 11.1. The lowest BCUT2D eigenvalue weighted by Gasteiger charge is -2.33. The van der Waals surface area contributed by atoms with Crippen LogP contribution in [0.15, 0.2) is 53.8 Å². The molecule has 2 aromatic heterocycles. The zero-order valence-corrected chi connectivity index (χ0v) is 17.0. The zero-order chi connectivity index (χ0) is 19.7. The van der Waals surface area contributed by atoms with Crippen molar-refractivity contribution < 1.29 is 8.42 Å². The minimum absolute atomic E-state index is 0.238.